The van der Waals surface area contributed by atoms with Gasteiger partial charge in [-0.1, -0.05) is 20.8 Å². The molecule has 1 aliphatic heterocycles. The molecule has 0 aliphatic carbocycles. The number of hydrogen-bond donors (Lipinski definition) is 6. The predicted octanol–water partition coefficient (Wildman–Crippen LogP) is 0.244. The Kier molecular flexibility index (Phi) is 11.2. The third-order valence-corrected chi connectivity index (χ3v) is 7.43. The maximum absolute atomic E-state index is 12.8. The standard InChI is InChI=1S/C24H48N2O7/c1-8-18-24(7,32)21(29)17(5)26(11-9-10-25)13-14(2)12-23(6,31)20(28)15(3)19(27)16(4)22(30)33-18/h14-21,27-29,31-32H,8-13,25H2,1-7H3/t14-,15+,16-,17-,18+,19?,20-,21-,23-,24-/m1/s1. The fourth-order valence-corrected chi connectivity index (χ4v) is 5.14. The maximum atomic E-state index is 12.8. The smallest absolute Gasteiger partial charge is 0.311 e. The van der Waals surface area contributed by atoms with Crippen LogP contribution in [0.3, 0.4) is 0 Å². The lowest BCUT2D eigenvalue weighted by molar-refractivity contribution is -0.193. The fraction of sp³-hybridized carbons (Fsp3) is 0.958. The van der Waals surface area contributed by atoms with Crippen LogP contribution in [-0.4, -0.2) is 97.7 Å². The molecule has 33 heavy (non-hydrogen) atoms. The topological polar surface area (TPSA) is 157 Å². The number of carbonyl (C=O) groups excluding carboxylic acids is 1. The second-order valence-electron chi connectivity index (χ2n) is 10.6. The molecule has 9 heteroatoms. The lowest BCUT2D eigenvalue weighted by Crippen LogP contribution is -2.59. The van der Waals surface area contributed by atoms with E-state index in [4.69, 9.17) is 10.5 Å². The van der Waals surface area contributed by atoms with Crippen LogP contribution in [-0.2, 0) is 9.53 Å². The Hall–Kier alpha value is -0.810. The number of nitrogens with two attached hydrogens (primary N) is 1. The number of cyclic esters (lactones) is 1. The molecule has 1 aliphatic rings. The minimum Gasteiger partial charge on any atom is -0.459 e. The molecular formula is C24H48N2O7. The van der Waals surface area contributed by atoms with Crippen LogP contribution in [0.2, 0.25) is 0 Å². The molecule has 1 saturated heterocycles. The second-order valence-corrected chi connectivity index (χ2v) is 10.6. The zero-order valence-electron chi connectivity index (χ0n) is 21.4. The van der Waals surface area contributed by atoms with Crippen molar-refractivity contribution in [2.45, 2.75) is 109 Å². The average molecular weight is 477 g/mol. The second kappa shape index (κ2) is 12.2. The number of rotatable bonds is 4. The molecule has 0 aromatic rings. The molecule has 1 unspecified atom stereocenters. The molecule has 7 N–H and O–H groups in total. The Balaban J connectivity index is 3.44. The van der Waals surface area contributed by atoms with Crippen molar-refractivity contribution in [3.8, 4) is 0 Å². The SMILES string of the molecule is CC[C@@H]1OC(=O)[C@H](C)C(O)[C@H](C)[C@@H](O)[C@](C)(O)C[C@@H](C)CN(CCCN)[C@H](C)[C@@H](O)[C@]1(C)O. The first-order valence-electron chi connectivity index (χ1n) is 12.2. The summed E-state index contributed by atoms with van der Waals surface area (Å²) in [5.74, 6) is -2.64. The highest BCUT2D eigenvalue weighted by molar-refractivity contribution is 5.73. The lowest BCUT2D eigenvalue weighted by Gasteiger charge is -2.43. The Morgan fingerprint density at radius 3 is 2.18 bits per heavy atom. The van der Waals surface area contributed by atoms with E-state index in [0.29, 0.717) is 26.1 Å². The largest absolute Gasteiger partial charge is 0.459 e. The van der Waals surface area contributed by atoms with Gasteiger partial charge in [0.2, 0.25) is 0 Å². The van der Waals surface area contributed by atoms with Crippen molar-refractivity contribution in [3.05, 3.63) is 0 Å². The number of nitrogens with zero attached hydrogens (tertiary/aromatic N) is 1. The third kappa shape index (κ3) is 7.34. The Bertz CT molecular complexity index is 616. The molecule has 10 atom stereocenters. The van der Waals surface area contributed by atoms with E-state index in [0.717, 1.165) is 0 Å². The molecule has 0 aromatic carbocycles. The summed E-state index contributed by atoms with van der Waals surface area (Å²) in [6.45, 7) is 13.1. The molecule has 0 saturated carbocycles. The number of aliphatic hydroxyl groups is 5. The van der Waals surface area contributed by atoms with Gasteiger partial charge in [0.05, 0.1) is 23.7 Å². The van der Waals surface area contributed by atoms with E-state index in [1.165, 1.54) is 20.8 Å². The molecule has 0 spiro atoms. The highest BCUT2D eigenvalue weighted by Gasteiger charge is 2.47. The van der Waals surface area contributed by atoms with Crippen molar-refractivity contribution in [2.24, 2.45) is 23.5 Å². The monoisotopic (exact) mass is 476 g/mol. The van der Waals surface area contributed by atoms with Crippen molar-refractivity contribution < 1.29 is 35.1 Å². The van der Waals surface area contributed by atoms with Gasteiger partial charge in [0.15, 0.2) is 0 Å². The normalized spacial score (nSPS) is 45.2. The molecule has 1 fully saturated rings. The number of ether oxygens (including phenoxy) is 1. The van der Waals surface area contributed by atoms with Crippen LogP contribution in [0.25, 0.3) is 0 Å². The first kappa shape index (κ1) is 30.2. The van der Waals surface area contributed by atoms with E-state index in [9.17, 15) is 30.3 Å². The summed E-state index contributed by atoms with van der Waals surface area (Å²) < 4.78 is 5.57. The summed E-state index contributed by atoms with van der Waals surface area (Å²) in [4.78, 5) is 14.8. The molecule has 1 heterocycles. The Morgan fingerprint density at radius 2 is 1.67 bits per heavy atom. The number of esters is 1. The quantitative estimate of drug-likeness (QED) is 0.313. The van der Waals surface area contributed by atoms with Gasteiger partial charge in [0.1, 0.15) is 17.8 Å². The summed E-state index contributed by atoms with van der Waals surface area (Å²) in [6, 6.07) is -0.497. The van der Waals surface area contributed by atoms with Crippen LogP contribution in [0, 0.1) is 17.8 Å². The van der Waals surface area contributed by atoms with E-state index in [2.05, 4.69) is 0 Å². The highest BCUT2D eigenvalue weighted by Crippen LogP contribution is 2.32. The van der Waals surface area contributed by atoms with Gasteiger partial charge in [-0.15, -0.1) is 0 Å². The van der Waals surface area contributed by atoms with E-state index < -0.39 is 59.5 Å². The van der Waals surface area contributed by atoms with Crippen molar-refractivity contribution in [1.29, 1.82) is 0 Å². The average Bonchev–Trinajstić information content (AvgIpc) is 2.75. The van der Waals surface area contributed by atoms with Gasteiger partial charge < -0.3 is 36.0 Å². The molecule has 9 nitrogen and oxygen atoms in total. The minimum absolute atomic E-state index is 0.0845. The maximum Gasteiger partial charge on any atom is 0.311 e. The zero-order chi connectivity index (χ0) is 25.7. The van der Waals surface area contributed by atoms with E-state index in [1.54, 1.807) is 20.8 Å². The van der Waals surface area contributed by atoms with E-state index in [1.807, 2.05) is 11.8 Å². The van der Waals surface area contributed by atoms with E-state index >= 15 is 0 Å². The summed E-state index contributed by atoms with van der Waals surface area (Å²) in [5.41, 5.74) is 2.46. The van der Waals surface area contributed by atoms with Gasteiger partial charge in [0, 0.05) is 18.5 Å². The summed E-state index contributed by atoms with van der Waals surface area (Å²) >= 11 is 0. The third-order valence-electron chi connectivity index (χ3n) is 7.43. The van der Waals surface area contributed by atoms with Gasteiger partial charge in [-0.05, 0) is 66.0 Å². The zero-order valence-corrected chi connectivity index (χ0v) is 21.4. The van der Waals surface area contributed by atoms with Gasteiger partial charge in [-0.3, -0.25) is 9.69 Å². The molecule has 0 radical (unpaired) electrons. The van der Waals surface area contributed by atoms with Crippen LogP contribution in [0.1, 0.15) is 67.7 Å². The molecular weight excluding hydrogens is 428 g/mol. The summed E-state index contributed by atoms with van der Waals surface area (Å²) in [5, 5.41) is 55.1. The van der Waals surface area contributed by atoms with Crippen LogP contribution in [0.4, 0.5) is 0 Å². The van der Waals surface area contributed by atoms with Crippen LogP contribution >= 0.6 is 0 Å². The van der Waals surface area contributed by atoms with Gasteiger partial charge >= 0.3 is 5.97 Å². The van der Waals surface area contributed by atoms with Crippen molar-refractivity contribution in [2.75, 3.05) is 19.6 Å². The predicted molar refractivity (Wildman–Crippen MR) is 126 cm³/mol. The first-order chi connectivity index (χ1) is 15.1. The van der Waals surface area contributed by atoms with Crippen molar-refractivity contribution >= 4 is 5.97 Å². The summed E-state index contributed by atoms with van der Waals surface area (Å²) in [7, 11) is 0. The van der Waals surface area contributed by atoms with E-state index in [-0.39, 0.29) is 18.8 Å². The van der Waals surface area contributed by atoms with Crippen molar-refractivity contribution in [3.63, 3.8) is 0 Å². The Morgan fingerprint density at radius 1 is 1.09 bits per heavy atom. The van der Waals surface area contributed by atoms with Crippen molar-refractivity contribution in [1.82, 2.24) is 4.90 Å². The Labute approximate surface area is 198 Å². The number of carbonyl (C=O) groups is 1. The van der Waals surface area contributed by atoms with Crippen LogP contribution in [0.5, 0.6) is 0 Å². The van der Waals surface area contributed by atoms with Gasteiger partial charge in [-0.25, -0.2) is 0 Å². The molecule has 0 amide bonds. The minimum atomic E-state index is -1.74. The molecule has 0 bridgehead atoms. The lowest BCUT2D eigenvalue weighted by atomic mass is 9.78. The van der Waals surface area contributed by atoms with Crippen LogP contribution in [0.15, 0.2) is 0 Å². The number of aliphatic hydroxyl groups excluding tert-OH is 3. The van der Waals surface area contributed by atoms with Crippen LogP contribution < -0.4 is 5.73 Å². The number of hydrogen-bond acceptors (Lipinski definition) is 9. The summed E-state index contributed by atoms with van der Waals surface area (Å²) in [6.07, 6.45) is -3.61. The van der Waals surface area contributed by atoms with Gasteiger partial charge in [0.25, 0.3) is 0 Å². The first-order valence-corrected chi connectivity index (χ1v) is 12.2. The fourth-order valence-electron chi connectivity index (χ4n) is 5.14. The van der Waals surface area contributed by atoms with Gasteiger partial charge in [-0.2, -0.15) is 0 Å². The molecule has 0 aromatic heterocycles. The molecule has 1 rings (SSSR count). The highest BCUT2D eigenvalue weighted by atomic mass is 16.6. The molecule has 196 valence electrons.